The van der Waals surface area contributed by atoms with Crippen molar-refractivity contribution >= 4 is 5.97 Å². The summed E-state index contributed by atoms with van der Waals surface area (Å²) < 4.78 is 5.55. The van der Waals surface area contributed by atoms with Crippen LogP contribution in [0.5, 0.6) is 5.75 Å². The number of nitrogens with one attached hydrogen (secondary N) is 1. The highest BCUT2D eigenvalue weighted by Gasteiger charge is 2.23. The molecule has 0 saturated heterocycles. The van der Waals surface area contributed by atoms with Crippen molar-refractivity contribution in [3.8, 4) is 5.75 Å². The van der Waals surface area contributed by atoms with Crippen LogP contribution in [0.2, 0.25) is 0 Å². The Morgan fingerprint density at radius 2 is 2.05 bits per heavy atom. The van der Waals surface area contributed by atoms with E-state index >= 15 is 0 Å². The summed E-state index contributed by atoms with van der Waals surface area (Å²) in [6.07, 6.45) is 4.52. The maximum atomic E-state index is 11.1. The van der Waals surface area contributed by atoms with E-state index in [1.54, 1.807) is 18.2 Å². The number of rotatable bonds is 7. The Morgan fingerprint density at radius 1 is 1.29 bits per heavy atom. The fourth-order valence-electron chi connectivity index (χ4n) is 2.87. The van der Waals surface area contributed by atoms with Crippen LogP contribution in [0.3, 0.4) is 0 Å². The van der Waals surface area contributed by atoms with Gasteiger partial charge in [0.15, 0.2) is 0 Å². The third kappa shape index (κ3) is 4.44. The summed E-state index contributed by atoms with van der Waals surface area (Å²) in [7, 11) is 0. The van der Waals surface area contributed by atoms with Gasteiger partial charge in [-0.05, 0) is 30.9 Å². The minimum atomic E-state index is -0.980. The normalized spacial score (nSPS) is 22.0. The highest BCUT2D eigenvalue weighted by molar-refractivity contribution is 5.90. The molecule has 0 radical (unpaired) electrons. The lowest BCUT2D eigenvalue weighted by molar-refractivity contribution is 0.0692. The maximum Gasteiger partial charge on any atom is 0.339 e. The number of ether oxygens (including phenoxy) is 1. The number of carboxylic acid groups (broad SMARTS) is 1. The second kappa shape index (κ2) is 8.00. The van der Waals surface area contributed by atoms with Gasteiger partial charge in [-0.25, -0.2) is 4.79 Å². The topological polar surface area (TPSA) is 78.8 Å². The van der Waals surface area contributed by atoms with Crippen molar-refractivity contribution in [3.05, 3.63) is 29.8 Å². The molecule has 1 aromatic rings. The number of aromatic carboxylic acids is 1. The Hall–Kier alpha value is -1.59. The molecule has 21 heavy (non-hydrogen) atoms. The summed E-state index contributed by atoms with van der Waals surface area (Å²) in [4.78, 5) is 11.1. The molecule has 1 aliphatic carbocycles. The van der Waals surface area contributed by atoms with Crippen LogP contribution in [-0.4, -0.2) is 42.0 Å². The summed E-state index contributed by atoms with van der Waals surface area (Å²) >= 11 is 0. The highest BCUT2D eigenvalue weighted by atomic mass is 16.5. The first-order valence-electron chi connectivity index (χ1n) is 7.51. The average molecular weight is 293 g/mol. The minimum absolute atomic E-state index is 0.184. The Labute approximate surface area is 124 Å². The van der Waals surface area contributed by atoms with Gasteiger partial charge in [0, 0.05) is 19.2 Å². The third-order valence-corrected chi connectivity index (χ3v) is 4.03. The molecular weight excluding hydrogens is 270 g/mol. The molecule has 1 saturated carbocycles. The Morgan fingerprint density at radius 3 is 2.81 bits per heavy atom. The summed E-state index contributed by atoms with van der Waals surface area (Å²) in [5, 5.41) is 21.8. The van der Waals surface area contributed by atoms with E-state index in [0.29, 0.717) is 30.9 Å². The van der Waals surface area contributed by atoms with E-state index in [1.807, 2.05) is 0 Å². The van der Waals surface area contributed by atoms with E-state index in [4.69, 9.17) is 9.84 Å². The summed E-state index contributed by atoms with van der Waals surface area (Å²) in [6.45, 7) is 1.29. The number of aliphatic hydroxyl groups is 1. The van der Waals surface area contributed by atoms with Crippen LogP contribution in [0.1, 0.15) is 36.0 Å². The van der Waals surface area contributed by atoms with Crippen LogP contribution in [0.15, 0.2) is 24.3 Å². The van der Waals surface area contributed by atoms with Gasteiger partial charge in [0.05, 0.1) is 0 Å². The lowest BCUT2D eigenvalue weighted by Crippen LogP contribution is -2.41. The summed E-state index contributed by atoms with van der Waals surface area (Å²) in [5.74, 6) is -0.259. The number of carbonyl (C=O) groups is 1. The van der Waals surface area contributed by atoms with Crippen LogP contribution >= 0.6 is 0 Å². The van der Waals surface area contributed by atoms with Gasteiger partial charge >= 0.3 is 5.97 Å². The molecule has 0 aliphatic heterocycles. The van der Waals surface area contributed by atoms with Gasteiger partial charge in [0.2, 0.25) is 0 Å². The first-order chi connectivity index (χ1) is 10.2. The van der Waals surface area contributed by atoms with Gasteiger partial charge in [-0.3, -0.25) is 0 Å². The highest BCUT2D eigenvalue weighted by Crippen LogP contribution is 2.23. The molecule has 5 heteroatoms. The monoisotopic (exact) mass is 293 g/mol. The number of hydrogen-bond donors (Lipinski definition) is 3. The van der Waals surface area contributed by atoms with Gasteiger partial charge < -0.3 is 20.3 Å². The number of benzene rings is 1. The van der Waals surface area contributed by atoms with Crippen LogP contribution in [-0.2, 0) is 0 Å². The van der Waals surface area contributed by atoms with Crippen molar-refractivity contribution in [1.29, 1.82) is 0 Å². The second-order valence-corrected chi connectivity index (χ2v) is 5.44. The van der Waals surface area contributed by atoms with E-state index in [-0.39, 0.29) is 12.2 Å². The zero-order valence-electron chi connectivity index (χ0n) is 12.1. The molecular formula is C16H23NO4. The van der Waals surface area contributed by atoms with Crippen LogP contribution in [0.25, 0.3) is 0 Å². The molecule has 0 aromatic heterocycles. The van der Waals surface area contributed by atoms with Crippen LogP contribution < -0.4 is 10.1 Å². The second-order valence-electron chi connectivity index (χ2n) is 5.44. The molecule has 0 bridgehead atoms. The van der Waals surface area contributed by atoms with Crippen molar-refractivity contribution in [2.45, 2.75) is 31.7 Å². The predicted octanol–water partition coefficient (Wildman–Crippen LogP) is 1.90. The molecule has 1 aromatic carbocycles. The molecule has 2 rings (SSSR count). The van der Waals surface area contributed by atoms with Crippen molar-refractivity contribution in [1.82, 2.24) is 5.32 Å². The lowest BCUT2D eigenvalue weighted by atomic mass is 9.85. The number of aliphatic hydroxyl groups excluding tert-OH is 1. The fourth-order valence-corrected chi connectivity index (χ4v) is 2.87. The van der Waals surface area contributed by atoms with Crippen molar-refractivity contribution in [2.24, 2.45) is 5.92 Å². The zero-order chi connectivity index (χ0) is 15.1. The van der Waals surface area contributed by atoms with Gasteiger partial charge in [-0.1, -0.05) is 25.0 Å². The van der Waals surface area contributed by atoms with Gasteiger partial charge in [-0.2, -0.15) is 0 Å². The molecule has 1 aliphatic rings. The molecule has 116 valence electrons. The number of para-hydroxylation sites is 1. The average Bonchev–Trinajstić information content (AvgIpc) is 2.52. The summed E-state index contributed by atoms with van der Waals surface area (Å²) in [6, 6.07) is 6.98. The summed E-state index contributed by atoms with van der Waals surface area (Å²) in [5.41, 5.74) is 0.184. The smallest absolute Gasteiger partial charge is 0.339 e. The lowest BCUT2D eigenvalue weighted by Gasteiger charge is -2.31. The standard InChI is InChI=1S/C16H23NO4/c18-11-12-5-1-3-7-14(12)17-9-10-21-15-8-4-2-6-13(15)16(19)20/h2,4,6,8,12,14,17-18H,1,3,5,7,9-11H2,(H,19,20). The molecule has 1 fully saturated rings. The molecule has 0 heterocycles. The van der Waals surface area contributed by atoms with E-state index in [1.165, 1.54) is 18.9 Å². The minimum Gasteiger partial charge on any atom is -0.491 e. The van der Waals surface area contributed by atoms with Crippen molar-refractivity contribution in [2.75, 3.05) is 19.8 Å². The fraction of sp³-hybridized carbons (Fsp3) is 0.562. The first kappa shape index (κ1) is 15.8. The van der Waals surface area contributed by atoms with E-state index in [9.17, 15) is 9.90 Å². The third-order valence-electron chi connectivity index (χ3n) is 4.03. The Balaban J connectivity index is 1.78. The van der Waals surface area contributed by atoms with Gasteiger partial charge in [-0.15, -0.1) is 0 Å². The van der Waals surface area contributed by atoms with E-state index in [2.05, 4.69) is 5.32 Å². The first-order valence-corrected chi connectivity index (χ1v) is 7.51. The van der Waals surface area contributed by atoms with E-state index < -0.39 is 5.97 Å². The van der Waals surface area contributed by atoms with Crippen molar-refractivity contribution in [3.63, 3.8) is 0 Å². The van der Waals surface area contributed by atoms with Gasteiger partial charge in [0.1, 0.15) is 17.9 Å². The van der Waals surface area contributed by atoms with E-state index in [0.717, 1.165) is 12.8 Å². The Bertz CT molecular complexity index is 463. The molecule has 2 atom stereocenters. The largest absolute Gasteiger partial charge is 0.491 e. The molecule has 0 amide bonds. The molecule has 3 N–H and O–H groups in total. The molecule has 5 nitrogen and oxygen atoms in total. The molecule has 2 unspecified atom stereocenters. The van der Waals surface area contributed by atoms with Crippen molar-refractivity contribution < 1.29 is 19.7 Å². The van der Waals surface area contributed by atoms with Gasteiger partial charge in [0.25, 0.3) is 0 Å². The predicted molar refractivity (Wildman–Crippen MR) is 79.7 cm³/mol. The van der Waals surface area contributed by atoms with Crippen LogP contribution in [0.4, 0.5) is 0 Å². The van der Waals surface area contributed by atoms with Crippen LogP contribution in [0, 0.1) is 5.92 Å². The number of carboxylic acids is 1. The SMILES string of the molecule is O=C(O)c1ccccc1OCCNC1CCCCC1CO. The quantitative estimate of drug-likeness (QED) is 0.669. The zero-order valence-corrected chi connectivity index (χ0v) is 12.1. The maximum absolute atomic E-state index is 11.1. The number of hydrogen-bond acceptors (Lipinski definition) is 4. The molecule has 0 spiro atoms. The Kier molecular flexibility index (Phi) is 6.02.